The zero-order valence-electron chi connectivity index (χ0n) is 15.5. The maximum absolute atomic E-state index is 12.2. The highest BCUT2D eigenvalue weighted by Gasteiger charge is 2.33. The Hall–Kier alpha value is -2.01. The number of carbonyl (C=O) groups is 1. The fourth-order valence-corrected chi connectivity index (χ4v) is 4.13. The first-order valence-electron chi connectivity index (χ1n) is 9.21. The smallest absolute Gasteiger partial charge is 0.223 e. The minimum Gasteiger partial charge on any atom is -0.313 e. The van der Waals surface area contributed by atoms with E-state index in [1.165, 1.54) is 35.3 Å². The lowest BCUT2D eigenvalue weighted by Crippen LogP contribution is -2.34. The van der Waals surface area contributed by atoms with E-state index in [2.05, 4.69) is 69.4 Å². The van der Waals surface area contributed by atoms with Gasteiger partial charge in [0, 0.05) is 30.7 Å². The molecule has 4 rings (SSSR count). The van der Waals surface area contributed by atoms with E-state index in [0.29, 0.717) is 12.5 Å². The molecule has 26 heavy (non-hydrogen) atoms. The molecule has 1 fully saturated rings. The number of nitrogens with zero attached hydrogens (tertiary/aromatic N) is 3. The lowest BCUT2D eigenvalue weighted by Gasteiger charge is -2.29. The van der Waals surface area contributed by atoms with Crippen LogP contribution in [0.25, 0.3) is 0 Å². The Morgan fingerprint density at radius 3 is 2.50 bits per heavy atom. The maximum Gasteiger partial charge on any atom is 0.223 e. The lowest BCUT2D eigenvalue weighted by molar-refractivity contribution is -0.116. The number of fused-ring (bicyclic) bond motifs is 1. The van der Waals surface area contributed by atoms with E-state index >= 15 is 0 Å². The lowest BCUT2D eigenvalue weighted by atomic mass is 10.0. The third-order valence-electron chi connectivity index (χ3n) is 5.39. The molecule has 1 aliphatic heterocycles. The molecule has 2 aromatic carbocycles. The van der Waals surface area contributed by atoms with Crippen LogP contribution in [0.15, 0.2) is 40.9 Å². The number of amides is 1. The molecule has 0 N–H and O–H groups in total. The number of rotatable bonds is 4. The monoisotopic (exact) mass is 413 g/mol. The van der Waals surface area contributed by atoms with Gasteiger partial charge >= 0.3 is 0 Å². The zero-order chi connectivity index (χ0) is 18.4. The number of hydrogen-bond acceptors (Lipinski definition) is 3. The average Bonchev–Trinajstić information content (AvgIpc) is 3.41. The van der Waals surface area contributed by atoms with E-state index in [1.807, 2.05) is 11.8 Å². The molecule has 1 heterocycles. The van der Waals surface area contributed by atoms with Crippen molar-refractivity contribution in [1.29, 1.82) is 0 Å². The molecule has 1 aliphatic carbocycles. The van der Waals surface area contributed by atoms with Gasteiger partial charge in [0.2, 0.25) is 5.91 Å². The van der Waals surface area contributed by atoms with Gasteiger partial charge in [-0.05, 0) is 73.2 Å². The summed E-state index contributed by atoms with van der Waals surface area (Å²) in [7, 11) is 2.10. The first kappa shape index (κ1) is 17.4. The summed E-state index contributed by atoms with van der Waals surface area (Å²) in [5, 5.41) is 4.48. The minimum absolute atomic E-state index is 0.111. The van der Waals surface area contributed by atoms with Crippen LogP contribution in [-0.4, -0.2) is 19.5 Å². The second kappa shape index (κ2) is 6.62. The van der Waals surface area contributed by atoms with Gasteiger partial charge in [-0.2, -0.15) is 0 Å². The Balaban J connectivity index is 1.75. The summed E-state index contributed by atoms with van der Waals surface area (Å²) >= 11 is 3.51. The van der Waals surface area contributed by atoms with Gasteiger partial charge in [0.15, 0.2) is 0 Å². The quantitative estimate of drug-likeness (QED) is 0.699. The van der Waals surface area contributed by atoms with Crippen LogP contribution >= 0.6 is 15.9 Å². The summed E-state index contributed by atoms with van der Waals surface area (Å²) in [5.41, 5.74) is 6.12. The molecule has 0 spiro atoms. The van der Waals surface area contributed by atoms with Crippen LogP contribution in [0.5, 0.6) is 0 Å². The highest BCUT2D eigenvalue weighted by molar-refractivity contribution is 9.10. The normalized spacial score (nSPS) is 16.0. The van der Waals surface area contributed by atoms with Gasteiger partial charge < -0.3 is 4.90 Å². The molecular formula is C21H24BrN3O. The summed E-state index contributed by atoms with van der Waals surface area (Å²) in [4.78, 5) is 14.1. The topological polar surface area (TPSA) is 26.8 Å². The van der Waals surface area contributed by atoms with Crippen LogP contribution in [0.3, 0.4) is 0 Å². The van der Waals surface area contributed by atoms with Crippen molar-refractivity contribution in [3.05, 3.63) is 52.0 Å². The molecule has 0 saturated heterocycles. The van der Waals surface area contributed by atoms with Crippen LogP contribution < -0.4 is 14.9 Å². The summed E-state index contributed by atoms with van der Waals surface area (Å²) < 4.78 is 1.08. The molecule has 136 valence electrons. The van der Waals surface area contributed by atoms with Crippen LogP contribution in [0, 0.1) is 0 Å². The Morgan fingerprint density at radius 2 is 1.92 bits per heavy atom. The van der Waals surface area contributed by atoms with E-state index < -0.39 is 0 Å². The predicted molar refractivity (Wildman–Crippen MR) is 111 cm³/mol. The van der Waals surface area contributed by atoms with Gasteiger partial charge in [-0.3, -0.25) is 14.8 Å². The van der Waals surface area contributed by atoms with Crippen LogP contribution in [0.4, 0.5) is 17.1 Å². The van der Waals surface area contributed by atoms with Crippen LogP contribution in [0.2, 0.25) is 0 Å². The zero-order valence-corrected chi connectivity index (χ0v) is 17.1. The first-order valence-corrected chi connectivity index (χ1v) is 10.0. The molecule has 4 nitrogen and oxygen atoms in total. The van der Waals surface area contributed by atoms with Gasteiger partial charge in [-0.15, -0.1) is 0 Å². The van der Waals surface area contributed by atoms with Crippen molar-refractivity contribution in [3.8, 4) is 0 Å². The molecule has 0 atom stereocenters. The summed E-state index contributed by atoms with van der Waals surface area (Å²) in [6.07, 6.45) is 2.46. The van der Waals surface area contributed by atoms with Crippen molar-refractivity contribution in [2.45, 2.75) is 39.2 Å². The third kappa shape index (κ3) is 2.98. The largest absolute Gasteiger partial charge is 0.313 e. The minimum atomic E-state index is 0.111. The van der Waals surface area contributed by atoms with Crippen LogP contribution in [0.1, 0.15) is 43.7 Å². The van der Waals surface area contributed by atoms with E-state index in [4.69, 9.17) is 0 Å². The number of anilines is 3. The molecular weight excluding hydrogens is 390 g/mol. The molecule has 0 unspecified atom stereocenters. The van der Waals surface area contributed by atoms with Crippen molar-refractivity contribution < 1.29 is 4.79 Å². The fraction of sp³-hybridized carbons (Fsp3) is 0.381. The third-order valence-corrected chi connectivity index (χ3v) is 5.92. The number of hydrazine groups is 1. The Bertz CT molecular complexity index is 845. The molecule has 2 aromatic rings. The number of halogens is 1. The molecule has 2 aliphatic rings. The molecule has 0 radical (unpaired) electrons. The average molecular weight is 414 g/mol. The second-order valence-electron chi connectivity index (χ2n) is 7.13. The van der Waals surface area contributed by atoms with E-state index in [0.717, 1.165) is 16.7 Å². The van der Waals surface area contributed by atoms with Crippen molar-refractivity contribution in [2.24, 2.45) is 0 Å². The number of benzene rings is 2. The number of hydrogen-bond donors (Lipinski definition) is 0. The van der Waals surface area contributed by atoms with E-state index in [9.17, 15) is 4.79 Å². The Kier molecular flexibility index (Phi) is 4.43. The molecule has 1 saturated carbocycles. The Labute approximate surface area is 163 Å². The van der Waals surface area contributed by atoms with Crippen molar-refractivity contribution in [1.82, 2.24) is 0 Å². The summed E-state index contributed by atoms with van der Waals surface area (Å²) in [6.45, 7) is 5.27. The van der Waals surface area contributed by atoms with Crippen LogP contribution in [-0.2, 0) is 11.3 Å². The predicted octanol–water partition coefficient (Wildman–Crippen LogP) is 5.07. The SMILES string of the molecule is CCN(C(C)=O)c1cc2c(cc1C1CC1)CN(c1ccc(Br)cc1)N2C. The Morgan fingerprint density at radius 1 is 1.23 bits per heavy atom. The van der Waals surface area contributed by atoms with Gasteiger partial charge in [0.25, 0.3) is 0 Å². The summed E-state index contributed by atoms with van der Waals surface area (Å²) in [5.74, 6) is 0.718. The van der Waals surface area contributed by atoms with Gasteiger partial charge in [-0.25, -0.2) is 0 Å². The van der Waals surface area contributed by atoms with E-state index in [-0.39, 0.29) is 5.91 Å². The molecule has 5 heteroatoms. The van der Waals surface area contributed by atoms with Crippen molar-refractivity contribution >= 4 is 38.9 Å². The molecule has 1 amide bonds. The van der Waals surface area contributed by atoms with Crippen molar-refractivity contribution in [2.75, 3.05) is 28.5 Å². The molecule has 0 aromatic heterocycles. The second-order valence-corrected chi connectivity index (χ2v) is 8.05. The number of carbonyl (C=O) groups excluding carboxylic acids is 1. The van der Waals surface area contributed by atoms with E-state index in [1.54, 1.807) is 6.92 Å². The van der Waals surface area contributed by atoms with Gasteiger partial charge in [0.1, 0.15) is 0 Å². The first-order chi connectivity index (χ1) is 12.5. The standard InChI is InChI=1S/C21H24BrN3O/c1-4-24(14(2)26)21-12-20-16(11-19(21)15-5-6-15)13-25(23(20)3)18-9-7-17(22)8-10-18/h7-12,15H,4-6,13H2,1-3H3. The maximum atomic E-state index is 12.2. The molecule has 0 bridgehead atoms. The highest BCUT2D eigenvalue weighted by Crippen LogP contribution is 2.48. The van der Waals surface area contributed by atoms with Crippen molar-refractivity contribution in [3.63, 3.8) is 0 Å². The summed E-state index contributed by atoms with van der Waals surface area (Å²) in [6, 6.07) is 13.0. The van der Waals surface area contributed by atoms with Gasteiger partial charge in [-0.1, -0.05) is 15.9 Å². The fourth-order valence-electron chi connectivity index (χ4n) is 3.86. The van der Waals surface area contributed by atoms with Gasteiger partial charge in [0.05, 0.1) is 17.9 Å². The highest BCUT2D eigenvalue weighted by atomic mass is 79.9.